The number of fused-ring (bicyclic) bond motifs is 3. The van der Waals surface area contributed by atoms with Gasteiger partial charge in [0, 0.05) is 51.4 Å². The van der Waals surface area contributed by atoms with E-state index in [-0.39, 0.29) is 17.2 Å². The van der Waals surface area contributed by atoms with Gasteiger partial charge in [-0.2, -0.15) is 0 Å². The third kappa shape index (κ3) is 2.33. The van der Waals surface area contributed by atoms with Crippen molar-refractivity contribution in [3.63, 3.8) is 0 Å². The van der Waals surface area contributed by atoms with Crippen LogP contribution < -0.4 is 4.90 Å². The highest BCUT2D eigenvalue weighted by atomic mass is 35.5. The Labute approximate surface area is 145 Å². The molecule has 0 radical (unpaired) electrons. The van der Waals surface area contributed by atoms with Gasteiger partial charge in [0.15, 0.2) is 0 Å². The van der Waals surface area contributed by atoms with Crippen LogP contribution >= 0.6 is 34.8 Å². The lowest BCUT2D eigenvalue weighted by molar-refractivity contribution is 0.479. The standard InChI is InChI=1S/C17H18Cl3NO/c1-17(2,3)21-8-9(7-18)14-12(21)6-13(22)15-10(19)4-5-11(20)16(14)15/h4-6,9,22H,7-8H2,1-3H3. The van der Waals surface area contributed by atoms with Gasteiger partial charge in [-0.1, -0.05) is 23.2 Å². The second-order valence-electron chi connectivity index (χ2n) is 6.74. The Hall–Kier alpha value is -0.830. The average Bonchev–Trinajstić information content (AvgIpc) is 2.80. The van der Waals surface area contributed by atoms with Crippen LogP contribution in [0.15, 0.2) is 18.2 Å². The number of phenols is 1. The fourth-order valence-electron chi connectivity index (χ4n) is 3.28. The maximum Gasteiger partial charge on any atom is 0.127 e. The molecule has 1 N–H and O–H groups in total. The van der Waals surface area contributed by atoms with Gasteiger partial charge in [-0.05, 0) is 38.5 Å². The minimum absolute atomic E-state index is 0.0687. The second kappa shape index (κ2) is 5.36. The summed E-state index contributed by atoms with van der Waals surface area (Å²) in [6.07, 6.45) is 0. The van der Waals surface area contributed by atoms with Gasteiger partial charge in [0.2, 0.25) is 0 Å². The van der Waals surface area contributed by atoms with Crippen LogP contribution in [-0.4, -0.2) is 23.1 Å². The molecule has 1 unspecified atom stereocenters. The zero-order valence-corrected chi connectivity index (χ0v) is 15.0. The van der Waals surface area contributed by atoms with Gasteiger partial charge in [-0.15, -0.1) is 11.6 Å². The normalized spacial score (nSPS) is 18.1. The molecule has 3 rings (SSSR count). The Morgan fingerprint density at radius 3 is 2.32 bits per heavy atom. The van der Waals surface area contributed by atoms with Crippen LogP contribution in [0.25, 0.3) is 10.8 Å². The minimum atomic E-state index is -0.0687. The lowest BCUT2D eigenvalue weighted by atomic mass is 9.95. The molecular weight excluding hydrogens is 341 g/mol. The molecule has 0 saturated carbocycles. The van der Waals surface area contributed by atoms with Gasteiger partial charge in [-0.3, -0.25) is 0 Å². The number of hydrogen-bond donors (Lipinski definition) is 1. The number of rotatable bonds is 1. The summed E-state index contributed by atoms with van der Waals surface area (Å²) >= 11 is 18.9. The number of hydrogen-bond acceptors (Lipinski definition) is 2. The van der Waals surface area contributed by atoms with Crippen molar-refractivity contribution in [2.45, 2.75) is 32.2 Å². The fourth-order valence-corrected chi connectivity index (χ4v) is 4.05. The van der Waals surface area contributed by atoms with E-state index in [1.54, 1.807) is 18.2 Å². The van der Waals surface area contributed by atoms with E-state index in [4.69, 9.17) is 34.8 Å². The maximum atomic E-state index is 10.5. The van der Waals surface area contributed by atoms with E-state index >= 15 is 0 Å². The van der Waals surface area contributed by atoms with Gasteiger partial charge in [-0.25, -0.2) is 0 Å². The van der Waals surface area contributed by atoms with Crippen molar-refractivity contribution in [1.29, 1.82) is 0 Å². The molecule has 0 aromatic heterocycles. The number of benzene rings is 2. The van der Waals surface area contributed by atoms with Crippen LogP contribution in [0, 0.1) is 0 Å². The lowest BCUT2D eigenvalue weighted by Crippen LogP contribution is -2.40. The first-order valence-electron chi connectivity index (χ1n) is 7.23. The molecule has 2 aromatic carbocycles. The third-order valence-corrected chi connectivity index (χ3v) is 5.28. The topological polar surface area (TPSA) is 23.5 Å². The molecule has 0 spiro atoms. The second-order valence-corrected chi connectivity index (χ2v) is 7.86. The fraction of sp³-hybridized carbons (Fsp3) is 0.412. The molecule has 0 fully saturated rings. The highest BCUT2D eigenvalue weighted by Gasteiger charge is 2.37. The Balaban J connectivity index is 2.42. The molecule has 1 heterocycles. The molecule has 2 nitrogen and oxygen atoms in total. The molecule has 0 aliphatic carbocycles. The highest BCUT2D eigenvalue weighted by molar-refractivity contribution is 6.41. The summed E-state index contributed by atoms with van der Waals surface area (Å²) < 4.78 is 0. The van der Waals surface area contributed by atoms with Gasteiger partial charge in [0.05, 0.1) is 5.02 Å². The Kier molecular flexibility index (Phi) is 3.91. The number of anilines is 1. The summed E-state index contributed by atoms with van der Waals surface area (Å²) in [7, 11) is 0. The quantitative estimate of drug-likeness (QED) is 0.652. The van der Waals surface area contributed by atoms with Crippen LogP contribution in [0.3, 0.4) is 0 Å². The molecule has 0 amide bonds. The summed E-state index contributed by atoms with van der Waals surface area (Å²) in [4.78, 5) is 2.27. The van der Waals surface area contributed by atoms with Crippen molar-refractivity contribution < 1.29 is 5.11 Å². The van der Waals surface area contributed by atoms with Crippen molar-refractivity contribution in [2.24, 2.45) is 0 Å². The summed E-state index contributed by atoms with van der Waals surface area (Å²) in [6, 6.07) is 5.28. The van der Waals surface area contributed by atoms with Crippen molar-refractivity contribution in [3.05, 3.63) is 33.8 Å². The molecular formula is C17H18Cl3NO. The molecule has 5 heteroatoms. The zero-order chi connectivity index (χ0) is 16.2. The smallest absolute Gasteiger partial charge is 0.127 e. The number of halogens is 3. The first-order chi connectivity index (χ1) is 10.3. The van der Waals surface area contributed by atoms with E-state index in [2.05, 4.69) is 25.7 Å². The molecule has 118 valence electrons. The van der Waals surface area contributed by atoms with Crippen molar-refractivity contribution >= 4 is 51.3 Å². The van der Waals surface area contributed by atoms with E-state index in [0.29, 0.717) is 21.3 Å². The van der Waals surface area contributed by atoms with Crippen LogP contribution in [0.5, 0.6) is 5.75 Å². The van der Waals surface area contributed by atoms with E-state index in [1.165, 1.54) is 0 Å². The summed E-state index contributed by atoms with van der Waals surface area (Å²) in [5.74, 6) is 0.822. The first kappa shape index (κ1) is 16.0. The van der Waals surface area contributed by atoms with E-state index < -0.39 is 0 Å². The van der Waals surface area contributed by atoms with E-state index in [9.17, 15) is 5.11 Å². The van der Waals surface area contributed by atoms with Gasteiger partial charge >= 0.3 is 0 Å². The van der Waals surface area contributed by atoms with E-state index in [1.807, 2.05) is 0 Å². The highest BCUT2D eigenvalue weighted by Crippen LogP contribution is 2.50. The third-order valence-electron chi connectivity index (χ3n) is 4.28. The van der Waals surface area contributed by atoms with Gasteiger partial charge in [0.25, 0.3) is 0 Å². The van der Waals surface area contributed by atoms with E-state index in [0.717, 1.165) is 23.2 Å². The molecule has 1 aliphatic rings. The number of aromatic hydroxyl groups is 1. The van der Waals surface area contributed by atoms with Gasteiger partial charge in [0.1, 0.15) is 5.75 Å². The van der Waals surface area contributed by atoms with Gasteiger partial charge < -0.3 is 10.0 Å². The molecule has 1 aliphatic heterocycles. The van der Waals surface area contributed by atoms with Crippen LogP contribution in [0.1, 0.15) is 32.3 Å². The predicted octanol–water partition coefficient (Wildman–Crippen LogP) is 5.79. The first-order valence-corrected chi connectivity index (χ1v) is 8.52. The largest absolute Gasteiger partial charge is 0.507 e. The van der Waals surface area contributed by atoms with Crippen molar-refractivity contribution in [2.75, 3.05) is 17.3 Å². The number of nitrogens with zero attached hydrogens (tertiary/aromatic N) is 1. The molecule has 0 bridgehead atoms. The summed E-state index contributed by atoms with van der Waals surface area (Å²) in [5.41, 5.74) is 2.01. The molecule has 2 aromatic rings. The minimum Gasteiger partial charge on any atom is -0.507 e. The Morgan fingerprint density at radius 2 is 1.77 bits per heavy atom. The van der Waals surface area contributed by atoms with Crippen LogP contribution in [0.2, 0.25) is 10.0 Å². The Morgan fingerprint density at radius 1 is 1.18 bits per heavy atom. The summed E-state index contributed by atoms with van der Waals surface area (Å²) in [5, 5.41) is 13.0. The molecule has 0 saturated heterocycles. The monoisotopic (exact) mass is 357 g/mol. The van der Waals surface area contributed by atoms with Crippen LogP contribution in [-0.2, 0) is 0 Å². The summed E-state index contributed by atoms with van der Waals surface area (Å²) in [6.45, 7) is 7.25. The van der Waals surface area contributed by atoms with Crippen molar-refractivity contribution in [3.8, 4) is 5.75 Å². The lowest BCUT2D eigenvalue weighted by Gasteiger charge is -2.35. The van der Waals surface area contributed by atoms with Crippen LogP contribution in [0.4, 0.5) is 5.69 Å². The number of phenolic OH excluding ortho intramolecular Hbond substituents is 1. The maximum absolute atomic E-state index is 10.5. The molecule has 1 atom stereocenters. The predicted molar refractivity (Wildman–Crippen MR) is 96.2 cm³/mol. The van der Waals surface area contributed by atoms with Crippen molar-refractivity contribution in [1.82, 2.24) is 0 Å². The number of alkyl halides is 1. The SMILES string of the molecule is CC(C)(C)N1CC(CCl)c2c1cc(O)c1c(Cl)ccc(Cl)c21. The zero-order valence-electron chi connectivity index (χ0n) is 12.8. The molecule has 22 heavy (non-hydrogen) atoms. The average molecular weight is 359 g/mol. The Bertz CT molecular complexity index is 752.